The minimum atomic E-state index is -0.00143. The van der Waals surface area contributed by atoms with Crippen LogP contribution in [0.25, 0.3) is 0 Å². The number of aliphatic imine (C=N–C) groups is 1. The Labute approximate surface area is 158 Å². The molecule has 2 aliphatic heterocycles. The van der Waals surface area contributed by atoms with Gasteiger partial charge in [0.1, 0.15) is 5.75 Å². The van der Waals surface area contributed by atoms with Gasteiger partial charge in [0.2, 0.25) is 0 Å². The van der Waals surface area contributed by atoms with Gasteiger partial charge in [0.15, 0.2) is 5.96 Å². The second kappa shape index (κ2) is 8.30. The summed E-state index contributed by atoms with van der Waals surface area (Å²) in [6.07, 6.45) is 3.97. The third kappa shape index (κ3) is 4.32. The molecule has 1 unspecified atom stereocenters. The summed E-state index contributed by atoms with van der Waals surface area (Å²) in [7, 11) is 3.61. The van der Waals surface area contributed by atoms with Gasteiger partial charge in [-0.2, -0.15) is 0 Å². The number of ether oxygens (including phenoxy) is 1. The molecule has 1 aromatic rings. The molecule has 1 aromatic carbocycles. The highest BCUT2D eigenvalue weighted by atomic mass is 16.5. The first-order valence-electron chi connectivity index (χ1n) is 9.87. The monoisotopic (exact) mass is 358 g/mol. The van der Waals surface area contributed by atoms with E-state index in [0.717, 1.165) is 31.3 Å². The molecule has 26 heavy (non-hydrogen) atoms. The zero-order valence-corrected chi connectivity index (χ0v) is 16.8. The van der Waals surface area contributed by atoms with Gasteiger partial charge in [0, 0.05) is 38.1 Å². The summed E-state index contributed by atoms with van der Waals surface area (Å²) >= 11 is 0. The molecule has 0 amide bonds. The van der Waals surface area contributed by atoms with E-state index in [1.54, 1.807) is 7.11 Å². The quantitative estimate of drug-likeness (QED) is 0.649. The standard InChI is InChI=1S/C21H34N4O/c1-21(2,17-8-7-9-19(14-17)26-4)16-23-20(22-3)25-13-10-18(15-25)24-11-5-6-12-24/h7-9,14,18H,5-6,10-13,15-16H2,1-4H3,(H,22,23). The van der Waals surface area contributed by atoms with Crippen molar-refractivity contribution in [3.05, 3.63) is 29.8 Å². The maximum Gasteiger partial charge on any atom is 0.193 e. The normalized spacial score (nSPS) is 22.1. The summed E-state index contributed by atoms with van der Waals surface area (Å²) in [6, 6.07) is 9.05. The van der Waals surface area contributed by atoms with Crippen LogP contribution in [0.4, 0.5) is 0 Å². The fraction of sp³-hybridized carbons (Fsp3) is 0.667. The average Bonchev–Trinajstić information content (AvgIpc) is 3.34. The molecule has 0 radical (unpaired) electrons. The number of nitrogens with zero attached hydrogens (tertiary/aromatic N) is 3. The third-order valence-corrected chi connectivity index (χ3v) is 5.87. The molecule has 2 fully saturated rings. The van der Waals surface area contributed by atoms with Gasteiger partial charge < -0.3 is 15.0 Å². The van der Waals surface area contributed by atoms with Crippen LogP contribution in [0.3, 0.4) is 0 Å². The predicted molar refractivity (Wildman–Crippen MR) is 108 cm³/mol. The Morgan fingerprint density at radius 2 is 2.04 bits per heavy atom. The van der Waals surface area contributed by atoms with E-state index in [9.17, 15) is 0 Å². The largest absolute Gasteiger partial charge is 0.497 e. The van der Waals surface area contributed by atoms with Crippen LogP contribution >= 0.6 is 0 Å². The van der Waals surface area contributed by atoms with Gasteiger partial charge in [-0.15, -0.1) is 0 Å². The van der Waals surface area contributed by atoms with Crippen molar-refractivity contribution in [2.24, 2.45) is 4.99 Å². The Bertz CT molecular complexity index is 622. The van der Waals surface area contributed by atoms with Crippen LogP contribution in [-0.2, 0) is 5.41 Å². The van der Waals surface area contributed by atoms with E-state index >= 15 is 0 Å². The first-order chi connectivity index (χ1) is 12.5. The molecule has 0 aliphatic carbocycles. The minimum Gasteiger partial charge on any atom is -0.497 e. The van der Waals surface area contributed by atoms with Crippen molar-refractivity contribution in [3.63, 3.8) is 0 Å². The number of methoxy groups -OCH3 is 1. The Balaban J connectivity index is 1.58. The number of nitrogens with one attached hydrogen (secondary N) is 1. The fourth-order valence-electron chi connectivity index (χ4n) is 4.12. The first-order valence-corrected chi connectivity index (χ1v) is 9.87. The van der Waals surface area contributed by atoms with E-state index in [-0.39, 0.29) is 5.41 Å². The van der Waals surface area contributed by atoms with Crippen molar-refractivity contribution >= 4 is 5.96 Å². The van der Waals surface area contributed by atoms with Gasteiger partial charge in [0.05, 0.1) is 7.11 Å². The zero-order chi connectivity index (χ0) is 18.6. The van der Waals surface area contributed by atoms with Crippen LogP contribution in [0.15, 0.2) is 29.3 Å². The highest BCUT2D eigenvalue weighted by molar-refractivity contribution is 5.80. The highest BCUT2D eigenvalue weighted by Crippen LogP contribution is 2.26. The van der Waals surface area contributed by atoms with Crippen LogP contribution in [0.1, 0.15) is 38.7 Å². The number of guanidine groups is 1. The smallest absolute Gasteiger partial charge is 0.193 e. The molecular formula is C21H34N4O. The predicted octanol–water partition coefficient (Wildman–Crippen LogP) is 2.72. The molecule has 0 spiro atoms. The number of likely N-dealkylation sites (tertiary alicyclic amines) is 2. The molecule has 5 nitrogen and oxygen atoms in total. The maximum absolute atomic E-state index is 5.38. The Kier molecular flexibility index (Phi) is 6.07. The molecule has 0 aromatic heterocycles. The number of rotatable bonds is 5. The molecule has 1 N–H and O–H groups in total. The SMILES string of the molecule is CN=C(NCC(C)(C)c1cccc(OC)c1)N1CCC(N2CCCC2)C1. The second-order valence-corrected chi connectivity index (χ2v) is 8.15. The number of hydrogen-bond donors (Lipinski definition) is 1. The summed E-state index contributed by atoms with van der Waals surface area (Å²) in [5, 5.41) is 3.62. The maximum atomic E-state index is 5.38. The average molecular weight is 359 g/mol. The second-order valence-electron chi connectivity index (χ2n) is 8.15. The summed E-state index contributed by atoms with van der Waals surface area (Å²) in [4.78, 5) is 9.63. The van der Waals surface area contributed by atoms with Crippen LogP contribution in [0.5, 0.6) is 5.75 Å². The lowest BCUT2D eigenvalue weighted by molar-refractivity contribution is 0.249. The Morgan fingerprint density at radius 3 is 2.73 bits per heavy atom. The van der Waals surface area contributed by atoms with Crippen molar-refractivity contribution in [1.82, 2.24) is 15.1 Å². The van der Waals surface area contributed by atoms with Crippen molar-refractivity contribution in [1.29, 1.82) is 0 Å². The lowest BCUT2D eigenvalue weighted by Crippen LogP contribution is -2.46. The third-order valence-electron chi connectivity index (χ3n) is 5.87. The molecule has 2 heterocycles. The van der Waals surface area contributed by atoms with Gasteiger partial charge in [0.25, 0.3) is 0 Å². The zero-order valence-electron chi connectivity index (χ0n) is 16.8. The van der Waals surface area contributed by atoms with Crippen LogP contribution in [0, 0.1) is 0 Å². The van der Waals surface area contributed by atoms with E-state index in [1.165, 1.54) is 37.9 Å². The van der Waals surface area contributed by atoms with Crippen LogP contribution in [0.2, 0.25) is 0 Å². The molecular weight excluding hydrogens is 324 g/mol. The van der Waals surface area contributed by atoms with E-state index in [4.69, 9.17) is 4.74 Å². The van der Waals surface area contributed by atoms with E-state index < -0.39 is 0 Å². The molecule has 144 valence electrons. The molecule has 1 atom stereocenters. The highest BCUT2D eigenvalue weighted by Gasteiger charge is 2.31. The molecule has 0 saturated carbocycles. The molecule has 3 rings (SSSR count). The van der Waals surface area contributed by atoms with Crippen LogP contribution in [-0.4, -0.2) is 68.7 Å². The van der Waals surface area contributed by atoms with Gasteiger partial charge >= 0.3 is 0 Å². The Hall–Kier alpha value is -1.75. The summed E-state index contributed by atoms with van der Waals surface area (Å²) in [5.41, 5.74) is 1.27. The lowest BCUT2D eigenvalue weighted by Gasteiger charge is -2.30. The fourth-order valence-corrected chi connectivity index (χ4v) is 4.12. The van der Waals surface area contributed by atoms with E-state index in [0.29, 0.717) is 6.04 Å². The van der Waals surface area contributed by atoms with E-state index in [2.05, 4.69) is 52.2 Å². The number of benzene rings is 1. The molecule has 0 bridgehead atoms. The van der Waals surface area contributed by atoms with Gasteiger partial charge in [-0.1, -0.05) is 26.0 Å². The van der Waals surface area contributed by atoms with Crippen molar-refractivity contribution in [2.45, 2.75) is 44.6 Å². The lowest BCUT2D eigenvalue weighted by atomic mass is 9.84. The topological polar surface area (TPSA) is 40.1 Å². The van der Waals surface area contributed by atoms with Gasteiger partial charge in [-0.05, 0) is 50.0 Å². The van der Waals surface area contributed by atoms with Gasteiger partial charge in [-0.25, -0.2) is 0 Å². The van der Waals surface area contributed by atoms with Crippen molar-refractivity contribution < 1.29 is 4.74 Å². The summed E-state index contributed by atoms with van der Waals surface area (Å²) < 4.78 is 5.38. The van der Waals surface area contributed by atoms with Gasteiger partial charge in [-0.3, -0.25) is 9.89 Å². The molecule has 2 saturated heterocycles. The summed E-state index contributed by atoms with van der Waals surface area (Å²) in [5.74, 6) is 1.94. The number of hydrogen-bond acceptors (Lipinski definition) is 3. The minimum absolute atomic E-state index is 0.00143. The summed E-state index contributed by atoms with van der Waals surface area (Å²) in [6.45, 7) is 10.1. The van der Waals surface area contributed by atoms with Crippen LogP contribution < -0.4 is 10.1 Å². The van der Waals surface area contributed by atoms with Crippen molar-refractivity contribution in [2.75, 3.05) is 46.9 Å². The Morgan fingerprint density at radius 1 is 1.27 bits per heavy atom. The molecule has 5 heteroatoms. The van der Waals surface area contributed by atoms with E-state index in [1.807, 2.05) is 13.1 Å². The molecule has 2 aliphatic rings. The van der Waals surface area contributed by atoms with Crippen molar-refractivity contribution in [3.8, 4) is 5.75 Å². The first kappa shape index (κ1) is 19.0.